The average Bonchev–Trinajstić information content (AvgIpc) is 2.69. The lowest BCUT2D eigenvalue weighted by Crippen LogP contribution is -2.27. The van der Waals surface area contributed by atoms with Crippen molar-refractivity contribution in [3.05, 3.63) is 47.8 Å². The Morgan fingerprint density at radius 2 is 1.89 bits per heavy atom. The van der Waals surface area contributed by atoms with E-state index < -0.39 is 10.0 Å². The molecule has 102 valence electrons. The summed E-state index contributed by atoms with van der Waals surface area (Å²) in [7, 11) is -1.69. The Labute approximate surface area is 113 Å². The maximum atomic E-state index is 12.2. The minimum Gasteiger partial charge on any atom is -0.275 e. The highest BCUT2D eigenvalue weighted by atomic mass is 32.2. The zero-order valence-corrected chi connectivity index (χ0v) is 12.0. The molecule has 0 bridgehead atoms. The van der Waals surface area contributed by atoms with Crippen molar-refractivity contribution >= 4 is 10.0 Å². The van der Waals surface area contributed by atoms with E-state index in [0.29, 0.717) is 0 Å². The van der Waals surface area contributed by atoms with E-state index in [1.165, 1.54) is 0 Å². The fourth-order valence-corrected chi connectivity index (χ4v) is 3.25. The molecule has 0 saturated carbocycles. The first kappa shape index (κ1) is 13.8. The number of rotatable bonds is 4. The van der Waals surface area contributed by atoms with Gasteiger partial charge in [0.2, 0.25) is 10.0 Å². The normalized spacial score (nSPS) is 13.4. The standard InChI is InChI=1S/C13H17N3O2S/c1-10-13(9-16(3)14-10)11(2)15-19(17,18)12-7-5-4-6-8-12/h4-9,11,15H,1-3H3. The number of nitrogens with one attached hydrogen (secondary N) is 1. The van der Waals surface area contributed by atoms with Crippen LogP contribution in [0.2, 0.25) is 0 Å². The van der Waals surface area contributed by atoms with E-state index in [1.54, 1.807) is 35.0 Å². The number of sulfonamides is 1. The summed E-state index contributed by atoms with van der Waals surface area (Å²) in [6, 6.07) is 8.02. The van der Waals surface area contributed by atoms with Crippen LogP contribution in [0.15, 0.2) is 41.4 Å². The van der Waals surface area contributed by atoms with Crippen LogP contribution in [0.3, 0.4) is 0 Å². The second kappa shape index (κ2) is 5.14. The summed E-state index contributed by atoms with van der Waals surface area (Å²) in [5.74, 6) is 0. The van der Waals surface area contributed by atoms with Crippen molar-refractivity contribution in [3.63, 3.8) is 0 Å². The maximum Gasteiger partial charge on any atom is 0.241 e. The van der Waals surface area contributed by atoms with Crippen LogP contribution in [0.4, 0.5) is 0 Å². The molecule has 1 atom stereocenters. The number of hydrogen-bond donors (Lipinski definition) is 1. The molecule has 1 unspecified atom stereocenters. The second-order valence-corrected chi connectivity index (χ2v) is 6.21. The van der Waals surface area contributed by atoms with Gasteiger partial charge in [0, 0.05) is 24.8 Å². The molecule has 0 radical (unpaired) electrons. The molecular weight excluding hydrogens is 262 g/mol. The molecule has 0 spiro atoms. The third-order valence-corrected chi connectivity index (χ3v) is 4.46. The third-order valence-electron chi connectivity index (χ3n) is 2.90. The number of aromatic nitrogens is 2. The van der Waals surface area contributed by atoms with Crippen LogP contribution < -0.4 is 4.72 Å². The fraction of sp³-hybridized carbons (Fsp3) is 0.308. The maximum absolute atomic E-state index is 12.2. The topological polar surface area (TPSA) is 64.0 Å². The summed E-state index contributed by atoms with van der Waals surface area (Å²) in [5.41, 5.74) is 1.70. The minimum atomic E-state index is -3.50. The van der Waals surface area contributed by atoms with Crippen LogP contribution in [-0.2, 0) is 17.1 Å². The first-order chi connectivity index (χ1) is 8.90. The van der Waals surface area contributed by atoms with Gasteiger partial charge < -0.3 is 0 Å². The Morgan fingerprint density at radius 1 is 1.26 bits per heavy atom. The summed E-state index contributed by atoms with van der Waals surface area (Å²) in [6.45, 7) is 3.67. The lowest BCUT2D eigenvalue weighted by atomic mass is 10.1. The first-order valence-corrected chi connectivity index (χ1v) is 7.46. The summed E-state index contributed by atoms with van der Waals surface area (Å²) in [5, 5.41) is 4.22. The first-order valence-electron chi connectivity index (χ1n) is 5.97. The van der Waals surface area contributed by atoms with Crippen molar-refractivity contribution in [2.24, 2.45) is 7.05 Å². The van der Waals surface area contributed by atoms with Crippen LogP contribution in [0.25, 0.3) is 0 Å². The number of benzene rings is 1. The monoisotopic (exact) mass is 279 g/mol. The number of nitrogens with zero attached hydrogens (tertiary/aromatic N) is 2. The van der Waals surface area contributed by atoms with E-state index in [0.717, 1.165) is 11.3 Å². The minimum absolute atomic E-state index is 0.267. The van der Waals surface area contributed by atoms with Crippen molar-refractivity contribution < 1.29 is 8.42 Å². The van der Waals surface area contributed by atoms with E-state index in [4.69, 9.17) is 0 Å². The molecule has 5 nitrogen and oxygen atoms in total. The van der Waals surface area contributed by atoms with Gasteiger partial charge >= 0.3 is 0 Å². The Kier molecular flexibility index (Phi) is 3.73. The van der Waals surface area contributed by atoms with Gasteiger partial charge in [-0.1, -0.05) is 18.2 Å². The molecule has 2 aromatic rings. The molecule has 0 amide bonds. The van der Waals surface area contributed by atoms with Gasteiger partial charge in [-0.3, -0.25) is 4.68 Å². The molecule has 6 heteroatoms. The van der Waals surface area contributed by atoms with Crippen molar-refractivity contribution in [2.75, 3.05) is 0 Å². The Morgan fingerprint density at radius 3 is 2.42 bits per heavy atom. The van der Waals surface area contributed by atoms with E-state index >= 15 is 0 Å². The van der Waals surface area contributed by atoms with Gasteiger partial charge in [0.25, 0.3) is 0 Å². The highest BCUT2D eigenvalue weighted by Gasteiger charge is 2.20. The van der Waals surface area contributed by atoms with Gasteiger partial charge in [0.05, 0.1) is 10.6 Å². The van der Waals surface area contributed by atoms with Crippen molar-refractivity contribution in [2.45, 2.75) is 24.8 Å². The molecular formula is C13H17N3O2S. The van der Waals surface area contributed by atoms with Crippen molar-refractivity contribution in [3.8, 4) is 0 Å². The van der Waals surface area contributed by atoms with Crippen molar-refractivity contribution in [1.82, 2.24) is 14.5 Å². The lowest BCUT2D eigenvalue weighted by Gasteiger charge is -2.13. The summed E-state index contributed by atoms with van der Waals surface area (Å²) >= 11 is 0. The largest absolute Gasteiger partial charge is 0.275 e. The third kappa shape index (κ3) is 3.02. The molecule has 1 N–H and O–H groups in total. The van der Waals surface area contributed by atoms with E-state index in [1.807, 2.05) is 27.1 Å². The highest BCUT2D eigenvalue weighted by molar-refractivity contribution is 7.89. The SMILES string of the molecule is Cc1nn(C)cc1C(C)NS(=O)(=O)c1ccccc1. The molecule has 0 fully saturated rings. The smallest absolute Gasteiger partial charge is 0.241 e. The average molecular weight is 279 g/mol. The molecule has 1 heterocycles. The number of aryl methyl sites for hydroxylation is 2. The van der Waals surface area contributed by atoms with Gasteiger partial charge in [0.15, 0.2) is 0 Å². The van der Waals surface area contributed by atoms with Crippen LogP contribution >= 0.6 is 0 Å². The second-order valence-electron chi connectivity index (χ2n) is 4.50. The summed E-state index contributed by atoms with van der Waals surface area (Å²) < 4.78 is 28.7. The van der Waals surface area contributed by atoms with Gasteiger partial charge in [-0.05, 0) is 26.0 Å². The highest BCUT2D eigenvalue weighted by Crippen LogP contribution is 2.18. The molecule has 0 aliphatic heterocycles. The van der Waals surface area contributed by atoms with Crippen LogP contribution in [-0.4, -0.2) is 18.2 Å². The van der Waals surface area contributed by atoms with Gasteiger partial charge in [0.1, 0.15) is 0 Å². The zero-order valence-electron chi connectivity index (χ0n) is 11.2. The van der Waals surface area contributed by atoms with E-state index in [2.05, 4.69) is 9.82 Å². The molecule has 0 saturated heterocycles. The molecule has 1 aromatic carbocycles. The Hall–Kier alpha value is -1.66. The van der Waals surface area contributed by atoms with Crippen LogP contribution in [0.1, 0.15) is 24.2 Å². The van der Waals surface area contributed by atoms with E-state index in [9.17, 15) is 8.42 Å². The van der Waals surface area contributed by atoms with Gasteiger partial charge in [-0.25, -0.2) is 13.1 Å². The van der Waals surface area contributed by atoms with Gasteiger partial charge in [-0.2, -0.15) is 5.10 Å². The fourth-order valence-electron chi connectivity index (χ4n) is 2.01. The Bertz CT molecular complexity index is 662. The van der Waals surface area contributed by atoms with Crippen LogP contribution in [0, 0.1) is 6.92 Å². The predicted molar refractivity (Wildman–Crippen MR) is 73.1 cm³/mol. The quantitative estimate of drug-likeness (QED) is 0.927. The van der Waals surface area contributed by atoms with Crippen molar-refractivity contribution in [1.29, 1.82) is 0 Å². The molecule has 0 aliphatic carbocycles. The molecule has 1 aromatic heterocycles. The predicted octanol–water partition coefficient (Wildman–Crippen LogP) is 1.77. The lowest BCUT2D eigenvalue weighted by molar-refractivity contribution is 0.566. The molecule has 19 heavy (non-hydrogen) atoms. The molecule has 2 rings (SSSR count). The Balaban J connectivity index is 2.24. The van der Waals surface area contributed by atoms with E-state index in [-0.39, 0.29) is 10.9 Å². The number of hydrogen-bond acceptors (Lipinski definition) is 3. The summed E-state index contributed by atoms with van der Waals surface area (Å²) in [6.07, 6.45) is 1.83. The van der Waals surface area contributed by atoms with Gasteiger partial charge in [-0.15, -0.1) is 0 Å². The summed E-state index contributed by atoms with van der Waals surface area (Å²) in [4.78, 5) is 0.267. The zero-order chi connectivity index (χ0) is 14.0. The van der Waals surface area contributed by atoms with Crippen LogP contribution in [0.5, 0.6) is 0 Å². The molecule has 0 aliphatic rings.